The molecular weight excluding hydrogens is 372 g/mol. The number of nitrogens with zero attached hydrogens (tertiary/aromatic N) is 4. The predicted octanol–water partition coefficient (Wildman–Crippen LogP) is 3.75. The van der Waals surface area contributed by atoms with E-state index in [4.69, 9.17) is 14.0 Å². The average molecular weight is 400 g/mol. The molecule has 2 aromatic rings. The Morgan fingerprint density at radius 3 is 2.66 bits per heavy atom. The van der Waals surface area contributed by atoms with E-state index in [9.17, 15) is 4.79 Å². The van der Waals surface area contributed by atoms with Crippen LogP contribution in [0.3, 0.4) is 0 Å². The maximum absolute atomic E-state index is 12.2. The molecule has 1 amide bonds. The third-order valence-electron chi connectivity index (χ3n) is 5.31. The van der Waals surface area contributed by atoms with Crippen molar-refractivity contribution in [2.24, 2.45) is 0 Å². The molecule has 0 N–H and O–H groups in total. The molecule has 4 rings (SSSR count). The smallest absolute Gasteiger partial charge is 0.410 e. The van der Waals surface area contributed by atoms with Crippen LogP contribution in [0.25, 0.3) is 11.4 Å². The maximum Gasteiger partial charge on any atom is 0.410 e. The molecule has 29 heavy (non-hydrogen) atoms. The van der Waals surface area contributed by atoms with E-state index in [1.165, 1.54) is 0 Å². The Labute approximate surface area is 170 Å². The van der Waals surface area contributed by atoms with Gasteiger partial charge in [-0.2, -0.15) is 0 Å². The fourth-order valence-corrected chi connectivity index (χ4v) is 3.73. The molecule has 8 heteroatoms. The lowest BCUT2D eigenvalue weighted by Gasteiger charge is -2.32. The zero-order chi connectivity index (χ0) is 20.4. The third-order valence-corrected chi connectivity index (χ3v) is 5.31. The summed E-state index contributed by atoms with van der Waals surface area (Å²) >= 11 is 0. The van der Waals surface area contributed by atoms with Gasteiger partial charge in [0.2, 0.25) is 0 Å². The predicted molar refractivity (Wildman–Crippen MR) is 105 cm³/mol. The highest BCUT2D eigenvalue weighted by atomic mass is 16.6. The highest BCUT2D eigenvalue weighted by Crippen LogP contribution is 2.31. The van der Waals surface area contributed by atoms with Crippen molar-refractivity contribution in [1.82, 2.24) is 20.0 Å². The molecule has 0 radical (unpaired) electrons. The van der Waals surface area contributed by atoms with E-state index in [1.54, 1.807) is 11.1 Å². The largest absolute Gasteiger partial charge is 0.444 e. The summed E-state index contributed by atoms with van der Waals surface area (Å²) in [4.78, 5) is 23.1. The van der Waals surface area contributed by atoms with Gasteiger partial charge in [-0.15, -0.1) is 0 Å². The van der Waals surface area contributed by atoms with Gasteiger partial charge in [-0.25, -0.2) is 14.8 Å². The van der Waals surface area contributed by atoms with Crippen LogP contribution in [0.2, 0.25) is 0 Å². The van der Waals surface area contributed by atoms with Crippen molar-refractivity contribution in [1.29, 1.82) is 0 Å². The van der Waals surface area contributed by atoms with Crippen LogP contribution in [0.5, 0.6) is 0 Å². The van der Waals surface area contributed by atoms with Crippen molar-refractivity contribution in [3.63, 3.8) is 0 Å². The van der Waals surface area contributed by atoms with Crippen LogP contribution < -0.4 is 0 Å². The fraction of sp³-hybridized carbons (Fsp3) is 0.619. The maximum atomic E-state index is 12.2. The monoisotopic (exact) mass is 400 g/mol. The fourth-order valence-electron chi connectivity index (χ4n) is 3.73. The highest BCUT2D eigenvalue weighted by Gasteiger charge is 2.29. The molecule has 2 aliphatic heterocycles. The van der Waals surface area contributed by atoms with Gasteiger partial charge in [0.1, 0.15) is 22.9 Å². The van der Waals surface area contributed by atoms with E-state index in [2.05, 4.69) is 15.1 Å². The van der Waals surface area contributed by atoms with E-state index in [1.807, 2.05) is 32.9 Å². The van der Waals surface area contributed by atoms with Crippen molar-refractivity contribution < 1.29 is 18.8 Å². The van der Waals surface area contributed by atoms with Gasteiger partial charge in [-0.3, -0.25) is 0 Å². The first kappa shape index (κ1) is 19.8. The molecule has 1 atom stereocenters. The topological polar surface area (TPSA) is 90.6 Å². The first-order valence-corrected chi connectivity index (χ1v) is 10.2. The highest BCUT2D eigenvalue weighted by molar-refractivity contribution is 5.68. The Morgan fingerprint density at radius 1 is 1.17 bits per heavy atom. The summed E-state index contributed by atoms with van der Waals surface area (Å²) in [5.41, 5.74) is 1.01. The standard InChI is InChI=1S/C21H28N4O4/c1-21(2,3)28-20(26)25-9-5-14(6-10-25)18-12-17(24-29-18)16-4-8-22-19(23-16)15-7-11-27-13-15/h4,8,12,14-15H,5-7,9-11,13H2,1-3H3. The van der Waals surface area contributed by atoms with Crippen molar-refractivity contribution in [2.75, 3.05) is 26.3 Å². The van der Waals surface area contributed by atoms with Crippen LogP contribution in [0.4, 0.5) is 4.79 Å². The summed E-state index contributed by atoms with van der Waals surface area (Å²) in [5.74, 6) is 2.13. The second kappa shape index (κ2) is 8.10. The zero-order valence-electron chi connectivity index (χ0n) is 17.3. The molecular formula is C21H28N4O4. The number of aromatic nitrogens is 3. The Morgan fingerprint density at radius 2 is 1.97 bits per heavy atom. The third kappa shape index (κ3) is 4.75. The van der Waals surface area contributed by atoms with Gasteiger partial charge < -0.3 is 18.9 Å². The number of piperidine rings is 1. The molecule has 2 saturated heterocycles. The number of rotatable bonds is 3. The molecule has 0 aromatic carbocycles. The van der Waals surface area contributed by atoms with E-state index in [0.717, 1.165) is 48.8 Å². The first-order chi connectivity index (χ1) is 13.9. The van der Waals surface area contributed by atoms with Crippen LogP contribution in [0.1, 0.15) is 63.5 Å². The molecule has 0 bridgehead atoms. The van der Waals surface area contributed by atoms with Crippen LogP contribution >= 0.6 is 0 Å². The summed E-state index contributed by atoms with van der Waals surface area (Å²) in [6, 6.07) is 3.82. The van der Waals surface area contributed by atoms with Gasteiger partial charge in [0.25, 0.3) is 0 Å². The minimum atomic E-state index is -0.477. The molecule has 4 heterocycles. The van der Waals surface area contributed by atoms with Gasteiger partial charge in [0.05, 0.1) is 12.3 Å². The van der Waals surface area contributed by atoms with E-state index in [0.29, 0.717) is 19.7 Å². The Kier molecular flexibility index (Phi) is 5.54. The summed E-state index contributed by atoms with van der Waals surface area (Å²) in [6.07, 6.45) is 4.11. The van der Waals surface area contributed by atoms with Crippen molar-refractivity contribution in [2.45, 2.75) is 57.5 Å². The van der Waals surface area contributed by atoms with Gasteiger partial charge >= 0.3 is 6.09 Å². The molecule has 1 unspecified atom stereocenters. The number of carbonyl (C=O) groups excluding carboxylic acids is 1. The van der Waals surface area contributed by atoms with E-state index >= 15 is 0 Å². The number of carbonyl (C=O) groups is 1. The van der Waals surface area contributed by atoms with Crippen molar-refractivity contribution in [3.8, 4) is 11.4 Å². The summed E-state index contributed by atoms with van der Waals surface area (Å²) < 4.78 is 16.5. The lowest BCUT2D eigenvalue weighted by Crippen LogP contribution is -2.41. The average Bonchev–Trinajstić information content (AvgIpc) is 3.39. The SMILES string of the molecule is CC(C)(C)OC(=O)N1CCC(c2cc(-c3ccnc(C4CCOC4)n3)no2)CC1. The molecule has 0 aliphatic carbocycles. The second-order valence-corrected chi connectivity index (χ2v) is 8.72. The number of hydrogen-bond acceptors (Lipinski definition) is 7. The van der Waals surface area contributed by atoms with Gasteiger partial charge in [0, 0.05) is 43.8 Å². The molecule has 0 saturated carbocycles. The first-order valence-electron chi connectivity index (χ1n) is 10.2. The summed E-state index contributed by atoms with van der Waals surface area (Å²) in [5, 5.41) is 4.23. The molecule has 2 aromatic heterocycles. The summed E-state index contributed by atoms with van der Waals surface area (Å²) in [6.45, 7) is 8.37. The lowest BCUT2D eigenvalue weighted by atomic mass is 9.94. The summed E-state index contributed by atoms with van der Waals surface area (Å²) in [7, 11) is 0. The van der Waals surface area contributed by atoms with Crippen LogP contribution in [-0.4, -0.2) is 58.0 Å². The number of ether oxygens (including phenoxy) is 2. The van der Waals surface area contributed by atoms with Crippen LogP contribution in [0.15, 0.2) is 22.9 Å². The second-order valence-electron chi connectivity index (χ2n) is 8.72. The molecule has 0 spiro atoms. The van der Waals surface area contributed by atoms with E-state index < -0.39 is 5.60 Å². The Bertz CT molecular complexity index is 846. The van der Waals surface area contributed by atoms with Crippen molar-refractivity contribution >= 4 is 6.09 Å². The Hall–Kier alpha value is -2.48. The van der Waals surface area contributed by atoms with Crippen LogP contribution in [-0.2, 0) is 9.47 Å². The molecule has 2 aliphatic rings. The van der Waals surface area contributed by atoms with E-state index in [-0.39, 0.29) is 17.9 Å². The van der Waals surface area contributed by atoms with Gasteiger partial charge in [-0.05, 0) is 46.1 Å². The zero-order valence-corrected chi connectivity index (χ0v) is 17.3. The van der Waals surface area contributed by atoms with Gasteiger partial charge in [0.15, 0.2) is 0 Å². The minimum Gasteiger partial charge on any atom is -0.444 e. The number of likely N-dealkylation sites (tertiary alicyclic amines) is 1. The minimum absolute atomic E-state index is 0.236. The number of amides is 1. The number of hydrogen-bond donors (Lipinski definition) is 0. The quantitative estimate of drug-likeness (QED) is 0.775. The van der Waals surface area contributed by atoms with Crippen LogP contribution in [0, 0.1) is 0 Å². The van der Waals surface area contributed by atoms with Crippen molar-refractivity contribution in [3.05, 3.63) is 29.9 Å². The van der Waals surface area contributed by atoms with Gasteiger partial charge in [-0.1, -0.05) is 5.16 Å². The lowest BCUT2D eigenvalue weighted by molar-refractivity contribution is 0.0199. The molecule has 2 fully saturated rings. The molecule has 8 nitrogen and oxygen atoms in total. The normalized spacial score (nSPS) is 20.8. The molecule has 156 valence electrons. The Balaban J connectivity index is 1.39.